The van der Waals surface area contributed by atoms with Crippen LogP contribution in [0, 0.1) is 0 Å². The summed E-state index contributed by atoms with van der Waals surface area (Å²) in [5.41, 5.74) is 0.718. The zero-order valence-electron chi connectivity index (χ0n) is 15.0. The quantitative estimate of drug-likeness (QED) is 0.687. The second kappa shape index (κ2) is 9.56. The number of carbonyl (C=O) groups excluding carboxylic acids is 3. The second-order valence-electron chi connectivity index (χ2n) is 5.90. The number of nitrogens with zero attached hydrogens (tertiary/aromatic N) is 2. The van der Waals surface area contributed by atoms with Gasteiger partial charge >= 0.3 is 24.1 Å². The van der Waals surface area contributed by atoms with Crippen LogP contribution in [0.4, 0.5) is 9.59 Å². The lowest BCUT2D eigenvalue weighted by molar-refractivity contribution is -0.143. The maximum absolute atomic E-state index is 12.4. The molecule has 9 heteroatoms. The first-order valence-corrected chi connectivity index (χ1v) is 8.61. The highest BCUT2D eigenvalue weighted by molar-refractivity contribution is 5.98. The van der Waals surface area contributed by atoms with Crippen molar-refractivity contribution < 1.29 is 33.8 Å². The normalized spacial score (nSPS) is 16.3. The molecule has 3 amide bonds. The molecule has 1 aromatic rings. The van der Waals surface area contributed by atoms with Crippen LogP contribution in [0.1, 0.15) is 25.3 Å². The molecule has 1 aliphatic heterocycles. The van der Waals surface area contributed by atoms with E-state index < -0.39 is 30.1 Å². The Bertz CT molecular complexity index is 692. The standard InChI is InChI=1S/C18H22N2O7/c1-2-26-15(21)9-6-10-19-11-14(16(22)23)20(17(19)24)18(25)27-12-13-7-4-3-5-8-13/h3-5,7-8,14H,2,6,9-12H2,1H3,(H,22,23). The first kappa shape index (κ1) is 20.2. The van der Waals surface area contributed by atoms with Crippen LogP contribution in [0.3, 0.4) is 0 Å². The van der Waals surface area contributed by atoms with Crippen molar-refractivity contribution in [2.45, 2.75) is 32.4 Å². The van der Waals surface area contributed by atoms with E-state index in [9.17, 15) is 24.3 Å². The fourth-order valence-electron chi connectivity index (χ4n) is 2.67. The van der Waals surface area contributed by atoms with Crippen molar-refractivity contribution in [3.8, 4) is 0 Å². The number of amides is 3. The summed E-state index contributed by atoms with van der Waals surface area (Å²) < 4.78 is 9.89. The Labute approximate surface area is 156 Å². The van der Waals surface area contributed by atoms with Gasteiger partial charge in [0.2, 0.25) is 0 Å². The minimum atomic E-state index is -1.33. The van der Waals surface area contributed by atoms with Gasteiger partial charge in [-0.05, 0) is 18.9 Å². The fourth-order valence-corrected chi connectivity index (χ4v) is 2.67. The summed E-state index contributed by atoms with van der Waals surface area (Å²) in [7, 11) is 0. The highest BCUT2D eigenvalue weighted by Crippen LogP contribution is 2.19. The van der Waals surface area contributed by atoms with Gasteiger partial charge in [0.05, 0.1) is 13.2 Å². The van der Waals surface area contributed by atoms with Crippen molar-refractivity contribution in [2.75, 3.05) is 19.7 Å². The number of rotatable bonds is 8. The maximum atomic E-state index is 12.4. The Morgan fingerprint density at radius 3 is 2.52 bits per heavy atom. The Hall–Kier alpha value is -3.10. The zero-order chi connectivity index (χ0) is 19.8. The molecule has 0 saturated carbocycles. The third kappa shape index (κ3) is 5.44. The van der Waals surface area contributed by atoms with Crippen LogP contribution in [0.5, 0.6) is 0 Å². The van der Waals surface area contributed by atoms with Crippen LogP contribution < -0.4 is 0 Å². The monoisotopic (exact) mass is 378 g/mol. The average molecular weight is 378 g/mol. The summed E-state index contributed by atoms with van der Waals surface area (Å²) in [6, 6.07) is 6.77. The number of hydrogen-bond acceptors (Lipinski definition) is 6. The highest BCUT2D eigenvalue weighted by atomic mass is 16.6. The number of carboxylic acids is 1. The third-order valence-electron chi connectivity index (χ3n) is 3.98. The lowest BCUT2D eigenvalue weighted by Gasteiger charge is -2.18. The van der Waals surface area contributed by atoms with Gasteiger partial charge < -0.3 is 19.5 Å². The smallest absolute Gasteiger partial charge is 0.419 e. The molecule has 0 aliphatic carbocycles. The van der Waals surface area contributed by atoms with E-state index in [2.05, 4.69) is 0 Å². The molecule has 1 heterocycles. The maximum Gasteiger partial charge on any atom is 0.419 e. The first-order chi connectivity index (χ1) is 12.9. The first-order valence-electron chi connectivity index (χ1n) is 8.61. The molecular formula is C18H22N2O7. The average Bonchev–Trinajstić information content (AvgIpc) is 2.98. The van der Waals surface area contributed by atoms with E-state index in [0.717, 1.165) is 5.56 Å². The summed E-state index contributed by atoms with van der Waals surface area (Å²) in [5, 5.41) is 9.33. The molecule has 0 spiro atoms. The molecule has 1 aromatic carbocycles. The minimum Gasteiger partial charge on any atom is -0.480 e. The van der Waals surface area contributed by atoms with Gasteiger partial charge in [0.15, 0.2) is 6.04 Å². The van der Waals surface area contributed by atoms with Crippen molar-refractivity contribution >= 4 is 24.1 Å². The van der Waals surface area contributed by atoms with E-state index in [4.69, 9.17) is 9.47 Å². The van der Waals surface area contributed by atoms with Crippen LogP contribution in [-0.2, 0) is 25.7 Å². The Morgan fingerprint density at radius 2 is 1.89 bits per heavy atom. The molecule has 27 heavy (non-hydrogen) atoms. The van der Waals surface area contributed by atoms with Gasteiger partial charge in [0, 0.05) is 13.0 Å². The number of carboxylic acid groups (broad SMARTS) is 1. The van der Waals surface area contributed by atoms with Gasteiger partial charge in [-0.2, -0.15) is 0 Å². The van der Waals surface area contributed by atoms with Gasteiger partial charge in [-0.25, -0.2) is 19.3 Å². The molecule has 0 aromatic heterocycles. The summed E-state index contributed by atoms with van der Waals surface area (Å²) in [6.07, 6.45) is -0.596. The second-order valence-corrected chi connectivity index (χ2v) is 5.90. The van der Waals surface area contributed by atoms with Gasteiger partial charge in [-0.3, -0.25) is 4.79 Å². The van der Waals surface area contributed by atoms with E-state index in [1.807, 2.05) is 6.07 Å². The Balaban J connectivity index is 1.94. The van der Waals surface area contributed by atoms with Crippen LogP contribution in [0.2, 0.25) is 0 Å². The lowest BCUT2D eigenvalue weighted by Crippen LogP contribution is -2.44. The summed E-state index contributed by atoms with van der Waals surface area (Å²) in [4.78, 5) is 49.4. The molecule has 0 radical (unpaired) electrons. The number of aliphatic carboxylic acids is 1. The molecule has 1 aliphatic rings. The van der Waals surface area contributed by atoms with E-state index in [-0.39, 0.29) is 32.7 Å². The molecule has 1 N–H and O–H groups in total. The lowest BCUT2D eigenvalue weighted by atomic mass is 10.2. The molecule has 1 unspecified atom stereocenters. The van der Waals surface area contributed by atoms with Crippen molar-refractivity contribution in [3.63, 3.8) is 0 Å². The Morgan fingerprint density at radius 1 is 1.19 bits per heavy atom. The number of benzene rings is 1. The molecule has 1 fully saturated rings. The van der Waals surface area contributed by atoms with Crippen LogP contribution in [0.15, 0.2) is 30.3 Å². The molecular weight excluding hydrogens is 356 g/mol. The Kier molecular flexibility index (Phi) is 7.16. The predicted octanol–water partition coefficient (Wildman–Crippen LogP) is 1.86. The van der Waals surface area contributed by atoms with E-state index >= 15 is 0 Å². The number of urea groups is 1. The summed E-state index contributed by atoms with van der Waals surface area (Å²) in [5.74, 6) is -1.69. The summed E-state index contributed by atoms with van der Waals surface area (Å²) in [6.45, 7) is 1.88. The molecule has 2 rings (SSSR count). The van der Waals surface area contributed by atoms with Gasteiger partial charge in [0.25, 0.3) is 0 Å². The predicted molar refractivity (Wildman–Crippen MR) is 92.7 cm³/mol. The van der Waals surface area contributed by atoms with Gasteiger partial charge in [0.1, 0.15) is 6.61 Å². The van der Waals surface area contributed by atoms with Crippen LogP contribution in [0.25, 0.3) is 0 Å². The number of carbonyl (C=O) groups is 4. The number of hydrogen-bond donors (Lipinski definition) is 1. The number of ether oxygens (including phenoxy) is 2. The van der Waals surface area contributed by atoms with E-state index in [1.54, 1.807) is 31.2 Å². The molecule has 0 bridgehead atoms. The van der Waals surface area contributed by atoms with E-state index in [0.29, 0.717) is 11.3 Å². The summed E-state index contributed by atoms with van der Waals surface area (Å²) >= 11 is 0. The topological polar surface area (TPSA) is 113 Å². The van der Waals surface area contributed by atoms with Crippen LogP contribution >= 0.6 is 0 Å². The highest BCUT2D eigenvalue weighted by Gasteiger charge is 2.46. The number of esters is 1. The minimum absolute atomic E-state index is 0.0708. The van der Waals surface area contributed by atoms with Crippen LogP contribution in [-0.4, -0.2) is 64.7 Å². The largest absolute Gasteiger partial charge is 0.480 e. The number of imide groups is 1. The zero-order valence-corrected chi connectivity index (χ0v) is 15.0. The van der Waals surface area contributed by atoms with Gasteiger partial charge in [-0.1, -0.05) is 30.3 Å². The molecule has 146 valence electrons. The molecule has 9 nitrogen and oxygen atoms in total. The van der Waals surface area contributed by atoms with Crippen molar-refractivity contribution in [2.24, 2.45) is 0 Å². The van der Waals surface area contributed by atoms with Crippen molar-refractivity contribution in [1.29, 1.82) is 0 Å². The molecule has 1 atom stereocenters. The SMILES string of the molecule is CCOC(=O)CCCN1CC(C(=O)O)N(C(=O)OCc2ccccc2)C1=O. The fraction of sp³-hybridized carbons (Fsp3) is 0.444. The molecule has 1 saturated heterocycles. The van der Waals surface area contributed by atoms with E-state index in [1.165, 1.54) is 4.90 Å². The third-order valence-corrected chi connectivity index (χ3v) is 3.98. The van der Waals surface area contributed by atoms with Gasteiger partial charge in [-0.15, -0.1) is 0 Å². The van der Waals surface area contributed by atoms with Crippen molar-refractivity contribution in [1.82, 2.24) is 9.80 Å². The van der Waals surface area contributed by atoms with Crippen molar-refractivity contribution in [3.05, 3.63) is 35.9 Å².